The molecule has 0 aliphatic heterocycles. The predicted octanol–water partition coefficient (Wildman–Crippen LogP) is 4.41. The Morgan fingerprint density at radius 2 is 2.00 bits per heavy atom. The van der Waals surface area contributed by atoms with Crippen LogP contribution in [0.15, 0.2) is 43.1 Å². The second kappa shape index (κ2) is 5.67. The van der Waals surface area contributed by atoms with Gasteiger partial charge in [0.1, 0.15) is 11.8 Å². The highest BCUT2D eigenvalue weighted by molar-refractivity contribution is 5.55. The van der Waals surface area contributed by atoms with Crippen molar-refractivity contribution in [2.45, 2.75) is 6.18 Å². The third-order valence-corrected chi connectivity index (χ3v) is 2.64. The first-order chi connectivity index (χ1) is 9.94. The molecule has 1 aromatic heterocycles. The second-order valence-electron chi connectivity index (χ2n) is 4.06. The van der Waals surface area contributed by atoms with Crippen LogP contribution < -0.4 is 4.74 Å². The van der Waals surface area contributed by atoms with Gasteiger partial charge in [-0.3, -0.25) is 0 Å². The maximum Gasteiger partial charge on any atom is 0.417 e. The zero-order chi connectivity index (χ0) is 15.5. The molecule has 106 valence electrons. The molecule has 0 amide bonds. The summed E-state index contributed by atoms with van der Waals surface area (Å²) in [4.78, 5) is 3.59. The quantitative estimate of drug-likeness (QED) is 0.841. The Balaban J connectivity index is 2.26. The van der Waals surface area contributed by atoms with Gasteiger partial charge in [-0.25, -0.2) is 4.98 Å². The van der Waals surface area contributed by atoms with Crippen molar-refractivity contribution in [2.75, 3.05) is 0 Å². The first-order valence-corrected chi connectivity index (χ1v) is 5.81. The number of nitrogens with zero attached hydrogens (tertiary/aromatic N) is 2. The number of hydrogen-bond donors (Lipinski definition) is 0. The van der Waals surface area contributed by atoms with E-state index in [1.165, 1.54) is 6.07 Å². The van der Waals surface area contributed by atoms with Gasteiger partial charge in [0, 0.05) is 12.3 Å². The lowest BCUT2D eigenvalue weighted by Crippen LogP contribution is -2.05. The summed E-state index contributed by atoms with van der Waals surface area (Å²) in [6.45, 7) is 3.58. The van der Waals surface area contributed by atoms with Gasteiger partial charge in [-0.2, -0.15) is 18.4 Å². The molecule has 0 bridgehead atoms. The summed E-state index contributed by atoms with van der Waals surface area (Å²) in [5, 5.41) is 9.03. The van der Waals surface area contributed by atoms with Gasteiger partial charge in [-0.1, -0.05) is 18.7 Å². The molecule has 6 heteroatoms. The number of alkyl halides is 3. The van der Waals surface area contributed by atoms with Crippen LogP contribution in [0.2, 0.25) is 0 Å². The van der Waals surface area contributed by atoms with Gasteiger partial charge in [0.15, 0.2) is 0 Å². The number of nitriles is 1. The van der Waals surface area contributed by atoms with E-state index in [1.54, 1.807) is 18.2 Å². The largest absolute Gasteiger partial charge is 0.438 e. The van der Waals surface area contributed by atoms with Gasteiger partial charge in [0.05, 0.1) is 11.1 Å². The van der Waals surface area contributed by atoms with E-state index < -0.39 is 11.7 Å². The minimum atomic E-state index is -4.45. The number of ether oxygens (including phenoxy) is 1. The van der Waals surface area contributed by atoms with E-state index in [0.29, 0.717) is 6.20 Å². The third-order valence-electron chi connectivity index (χ3n) is 2.64. The second-order valence-corrected chi connectivity index (χ2v) is 4.06. The van der Waals surface area contributed by atoms with Gasteiger partial charge in [-0.05, 0) is 23.8 Å². The van der Waals surface area contributed by atoms with Gasteiger partial charge in [0.25, 0.3) is 0 Å². The van der Waals surface area contributed by atoms with Crippen molar-refractivity contribution in [1.82, 2.24) is 4.98 Å². The molecule has 0 spiro atoms. The molecule has 1 heterocycles. The molecule has 0 unspecified atom stereocenters. The highest BCUT2D eigenvalue weighted by Crippen LogP contribution is 2.30. The smallest absolute Gasteiger partial charge is 0.417 e. The molecule has 0 fully saturated rings. The molecule has 2 rings (SSSR count). The number of benzene rings is 1. The molecule has 1 aromatic carbocycles. The van der Waals surface area contributed by atoms with Crippen molar-refractivity contribution in [3.63, 3.8) is 0 Å². The van der Waals surface area contributed by atoms with Crippen LogP contribution in [0.1, 0.15) is 16.7 Å². The molecule has 3 nitrogen and oxygen atoms in total. The van der Waals surface area contributed by atoms with Crippen molar-refractivity contribution >= 4 is 6.08 Å². The minimum Gasteiger partial charge on any atom is -0.438 e. The van der Waals surface area contributed by atoms with Crippen LogP contribution in [-0.2, 0) is 6.18 Å². The Bertz CT molecular complexity index is 700. The van der Waals surface area contributed by atoms with Crippen molar-refractivity contribution in [3.05, 3.63) is 59.8 Å². The Hall–Kier alpha value is -2.81. The summed E-state index contributed by atoms with van der Waals surface area (Å²) in [5.41, 5.74) is 0.116. The van der Waals surface area contributed by atoms with Gasteiger partial charge in [0.2, 0.25) is 5.88 Å². The minimum absolute atomic E-state index is 0.0224. The molecule has 0 saturated heterocycles. The van der Waals surface area contributed by atoms with Gasteiger partial charge >= 0.3 is 6.18 Å². The number of halogens is 3. The number of hydrogen-bond acceptors (Lipinski definition) is 3. The Morgan fingerprint density at radius 1 is 1.24 bits per heavy atom. The Labute approximate surface area is 118 Å². The van der Waals surface area contributed by atoms with Crippen molar-refractivity contribution in [1.29, 1.82) is 5.26 Å². The molecule has 2 aromatic rings. The molecule has 21 heavy (non-hydrogen) atoms. The number of pyridine rings is 1. The van der Waals surface area contributed by atoms with Gasteiger partial charge in [-0.15, -0.1) is 0 Å². The maximum absolute atomic E-state index is 12.4. The Morgan fingerprint density at radius 3 is 2.52 bits per heavy atom. The summed E-state index contributed by atoms with van der Waals surface area (Å²) in [5.74, 6) is 0.196. The maximum atomic E-state index is 12.4. The van der Waals surface area contributed by atoms with Crippen LogP contribution in [0.25, 0.3) is 6.08 Å². The molecule has 0 aliphatic rings. The van der Waals surface area contributed by atoms with Crippen LogP contribution in [-0.4, -0.2) is 4.98 Å². The van der Waals surface area contributed by atoms with E-state index in [2.05, 4.69) is 11.6 Å². The fraction of sp³-hybridized carbons (Fsp3) is 0.0667. The fourth-order valence-electron chi connectivity index (χ4n) is 1.57. The van der Waals surface area contributed by atoms with E-state index in [-0.39, 0.29) is 17.2 Å². The SMILES string of the molecule is C=Cc1ccc(Oc2ccc(C(F)(F)F)cn2)c(C#N)c1. The molecular weight excluding hydrogens is 281 g/mol. The zero-order valence-electron chi connectivity index (χ0n) is 10.7. The van der Waals surface area contributed by atoms with Crippen LogP contribution in [0, 0.1) is 11.3 Å². The highest BCUT2D eigenvalue weighted by atomic mass is 19.4. The normalized spacial score (nSPS) is 10.8. The standard InChI is InChI=1S/C15H9F3N2O/c1-2-10-3-5-13(11(7-10)8-19)21-14-6-4-12(9-20-14)15(16,17)18/h2-7,9H,1H2. The molecule has 0 atom stereocenters. The molecule has 0 N–H and O–H groups in total. The van der Waals surface area contributed by atoms with Crippen LogP contribution in [0.5, 0.6) is 11.6 Å². The Kier molecular flexibility index (Phi) is 3.94. The third kappa shape index (κ3) is 3.39. The first kappa shape index (κ1) is 14.6. The summed E-state index contributed by atoms with van der Waals surface area (Å²) in [6.07, 6.45) is -2.20. The lowest BCUT2D eigenvalue weighted by molar-refractivity contribution is -0.137. The van der Waals surface area contributed by atoms with E-state index in [1.807, 2.05) is 6.07 Å². The molecular formula is C15H9F3N2O. The van der Waals surface area contributed by atoms with E-state index in [4.69, 9.17) is 10.00 Å². The van der Waals surface area contributed by atoms with Crippen molar-refractivity contribution in [2.24, 2.45) is 0 Å². The summed E-state index contributed by atoms with van der Waals surface area (Å²) < 4.78 is 42.6. The van der Waals surface area contributed by atoms with Crippen molar-refractivity contribution in [3.8, 4) is 17.7 Å². The monoisotopic (exact) mass is 290 g/mol. The van der Waals surface area contributed by atoms with E-state index >= 15 is 0 Å². The average molecular weight is 290 g/mol. The number of aromatic nitrogens is 1. The molecule has 0 saturated carbocycles. The first-order valence-electron chi connectivity index (χ1n) is 5.81. The topological polar surface area (TPSA) is 45.9 Å². The van der Waals surface area contributed by atoms with Crippen LogP contribution in [0.3, 0.4) is 0 Å². The van der Waals surface area contributed by atoms with Crippen LogP contribution >= 0.6 is 0 Å². The van der Waals surface area contributed by atoms with Crippen LogP contribution in [0.4, 0.5) is 13.2 Å². The average Bonchev–Trinajstić information content (AvgIpc) is 2.47. The van der Waals surface area contributed by atoms with Gasteiger partial charge < -0.3 is 4.74 Å². The van der Waals surface area contributed by atoms with E-state index in [0.717, 1.165) is 17.7 Å². The highest BCUT2D eigenvalue weighted by Gasteiger charge is 2.30. The van der Waals surface area contributed by atoms with E-state index in [9.17, 15) is 13.2 Å². The molecule has 0 aliphatic carbocycles. The van der Waals surface area contributed by atoms with Crippen molar-refractivity contribution < 1.29 is 17.9 Å². The number of rotatable bonds is 3. The summed E-state index contributed by atoms with van der Waals surface area (Å²) >= 11 is 0. The molecule has 0 radical (unpaired) electrons. The fourth-order valence-corrected chi connectivity index (χ4v) is 1.57. The zero-order valence-corrected chi connectivity index (χ0v) is 10.7. The predicted molar refractivity (Wildman–Crippen MR) is 70.6 cm³/mol. The lowest BCUT2D eigenvalue weighted by Gasteiger charge is -2.09. The summed E-state index contributed by atoms with van der Waals surface area (Å²) in [7, 11) is 0. The lowest BCUT2D eigenvalue weighted by atomic mass is 10.1. The summed E-state index contributed by atoms with van der Waals surface area (Å²) in [6, 6.07) is 8.69.